The molecule has 0 amide bonds. The third kappa shape index (κ3) is 1.39. The molecule has 3 rings (SSSR count). The molecule has 0 unspecified atom stereocenters. The molecule has 1 heterocycles. The Morgan fingerprint density at radius 1 is 1.25 bits per heavy atom. The molecule has 5 heteroatoms. The van der Waals surface area contributed by atoms with Crippen molar-refractivity contribution in [2.75, 3.05) is 0 Å². The van der Waals surface area contributed by atoms with Crippen LogP contribution in [0.25, 0.3) is 0 Å². The average Bonchev–Trinajstić information content (AvgIpc) is 2.91. The van der Waals surface area contributed by atoms with Gasteiger partial charge in [0.1, 0.15) is 11.4 Å². The highest BCUT2D eigenvalue weighted by molar-refractivity contribution is 7.92. The Bertz CT molecular complexity index is 494. The second-order valence-electron chi connectivity index (χ2n) is 4.26. The van der Waals surface area contributed by atoms with Gasteiger partial charge >= 0.3 is 0 Å². The van der Waals surface area contributed by atoms with Gasteiger partial charge in [-0.3, -0.25) is 0 Å². The zero-order valence-electron chi connectivity index (χ0n) is 8.48. The van der Waals surface area contributed by atoms with Crippen LogP contribution < -0.4 is 0 Å². The van der Waals surface area contributed by atoms with Crippen molar-refractivity contribution >= 4 is 9.84 Å². The molecule has 0 aromatic heterocycles. The molecule has 0 bridgehead atoms. The predicted molar refractivity (Wildman–Crippen MR) is 56.7 cm³/mol. The summed E-state index contributed by atoms with van der Waals surface area (Å²) in [6, 6.07) is 8.23. The molecule has 1 N–H and O–H groups in total. The summed E-state index contributed by atoms with van der Waals surface area (Å²) in [5, 5.41) is 8.94. The minimum atomic E-state index is -3.47. The van der Waals surface area contributed by atoms with Crippen molar-refractivity contribution in [1.82, 2.24) is 0 Å². The number of fused-ring (bicyclic) bond motifs is 1. The molecule has 4 atom stereocenters. The highest BCUT2D eigenvalue weighted by Crippen LogP contribution is 2.43. The Hall–Kier alpha value is -0.910. The van der Waals surface area contributed by atoms with E-state index in [0.717, 1.165) is 0 Å². The van der Waals surface area contributed by atoms with Gasteiger partial charge in [-0.2, -0.15) is 0 Å². The molecule has 2 fully saturated rings. The zero-order valence-corrected chi connectivity index (χ0v) is 9.30. The van der Waals surface area contributed by atoms with Crippen LogP contribution in [0.3, 0.4) is 0 Å². The molecule has 86 valence electrons. The van der Waals surface area contributed by atoms with Crippen LogP contribution in [-0.4, -0.2) is 37.1 Å². The molecule has 1 aromatic rings. The molecule has 0 spiro atoms. The molecule has 0 radical (unpaired) electrons. The first-order chi connectivity index (χ1) is 7.60. The van der Waals surface area contributed by atoms with Crippen LogP contribution in [0.15, 0.2) is 35.2 Å². The zero-order chi connectivity index (χ0) is 11.3. The van der Waals surface area contributed by atoms with Gasteiger partial charge in [0.05, 0.1) is 17.1 Å². The summed E-state index contributed by atoms with van der Waals surface area (Å²) in [6.45, 7) is 0. The summed E-state index contributed by atoms with van der Waals surface area (Å²) in [6.07, 6.45) is -0.728. The summed E-state index contributed by atoms with van der Waals surface area (Å²) in [5.74, 6) is 0. The lowest BCUT2D eigenvalue weighted by atomic mass is 10.3. The molecule has 2 aliphatic rings. The maximum Gasteiger partial charge on any atom is 0.186 e. The number of aliphatic hydroxyl groups excluding tert-OH is 1. The maximum absolute atomic E-state index is 12.2. The monoisotopic (exact) mass is 240 g/mol. The number of hydrogen-bond acceptors (Lipinski definition) is 4. The van der Waals surface area contributed by atoms with Crippen LogP contribution in [0.4, 0.5) is 0 Å². The number of ether oxygens (including phenoxy) is 1. The van der Waals surface area contributed by atoms with Gasteiger partial charge in [0.2, 0.25) is 0 Å². The third-order valence-electron chi connectivity index (χ3n) is 3.23. The smallest absolute Gasteiger partial charge is 0.186 e. The average molecular weight is 240 g/mol. The quantitative estimate of drug-likeness (QED) is 0.758. The van der Waals surface area contributed by atoms with E-state index in [1.165, 1.54) is 0 Å². The van der Waals surface area contributed by atoms with Crippen LogP contribution in [0.1, 0.15) is 6.42 Å². The van der Waals surface area contributed by atoms with Crippen molar-refractivity contribution in [3.8, 4) is 0 Å². The van der Waals surface area contributed by atoms with E-state index in [0.29, 0.717) is 6.42 Å². The standard InChI is InChI=1S/C11H12O4S/c12-8-6-9-10(15-9)11(8)16(13,14)7-4-2-1-3-5-7/h1-5,8-12H,6H2/t8-,9+,10-,11+/m0/s1. The Kier molecular flexibility index (Phi) is 2.11. The van der Waals surface area contributed by atoms with E-state index in [2.05, 4.69) is 0 Å². The van der Waals surface area contributed by atoms with Gasteiger partial charge in [-0.25, -0.2) is 8.42 Å². The van der Waals surface area contributed by atoms with Crippen LogP contribution in [0.2, 0.25) is 0 Å². The van der Waals surface area contributed by atoms with Crippen LogP contribution >= 0.6 is 0 Å². The van der Waals surface area contributed by atoms with Crippen molar-refractivity contribution in [2.24, 2.45) is 0 Å². The third-order valence-corrected chi connectivity index (χ3v) is 5.46. The number of benzene rings is 1. The van der Waals surface area contributed by atoms with Crippen molar-refractivity contribution in [1.29, 1.82) is 0 Å². The van der Waals surface area contributed by atoms with Crippen molar-refractivity contribution in [3.63, 3.8) is 0 Å². The first kappa shape index (κ1) is 10.3. The molecule has 1 aliphatic heterocycles. The van der Waals surface area contributed by atoms with Gasteiger partial charge in [0, 0.05) is 6.42 Å². The van der Waals surface area contributed by atoms with E-state index >= 15 is 0 Å². The summed E-state index contributed by atoms with van der Waals surface area (Å²) in [7, 11) is -3.47. The summed E-state index contributed by atoms with van der Waals surface area (Å²) in [4.78, 5) is 0.259. The van der Waals surface area contributed by atoms with Gasteiger partial charge < -0.3 is 9.84 Å². The van der Waals surface area contributed by atoms with Gasteiger partial charge in [0.25, 0.3) is 0 Å². The number of hydrogen-bond donors (Lipinski definition) is 1. The lowest BCUT2D eigenvalue weighted by Crippen LogP contribution is -2.34. The molecule has 16 heavy (non-hydrogen) atoms. The van der Waals surface area contributed by atoms with Crippen molar-refractivity contribution < 1.29 is 18.3 Å². The van der Waals surface area contributed by atoms with Crippen LogP contribution in [0, 0.1) is 0 Å². The first-order valence-corrected chi connectivity index (χ1v) is 6.78. The van der Waals surface area contributed by atoms with Gasteiger partial charge in [-0.05, 0) is 12.1 Å². The normalized spacial score (nSPS) is 37.1. The fourth-order valence-corrected chi connectivity index (χ4v) is 4.34. The van der Waals surface area contributed by atoms with Gasteiger partial charge in [0.15, 0.2) is 9.84 Å². The van der Waals surface area contributed by atoms with Crippen molar-refractivity contribution in [2.45, 2.75) is 34.9 Å². The molecule has 1 saturated carbocycles. The van der Waals surface area contributed by atoms with Gasteiger partial charge in [-0.15, -0.1) is 0 Å². The number of sulfone groups is 1. The molecule has 1 saturated heterocycles. The second-order valence-corrected chi connectivity index (χ2v) is 6.37. The first-order valence-electron chi connectivity index (χ1n) is 5.23. The molecule has 4 nitrogen and oxygen atoms in total. The summed E-state index contributed by atoms with van der Waals surface area (Å²) < 4.78 is 29.7. The minimum absolute atomic E-state index is 0.0570. The Morgan fingerprint density at radius 2 is 1.94 bits per heavy atom. The van der Waals surface area contributed by atoms with E-state index in [-0.39, 0.29) is 17.1 Å². The van der Waals surface area contributed by atoms with E-state index < -0.39 is 21.2 Å². The highest BCUT2D eigenvalue weighted by Gasteiger charge is 2.60. The largest absolute Gasteiger partial charge is 0.392 e. The van der Waals surface area contributed by atoms with E-state index in [9.17, 15) is 13.5 Å². The lowest BCUT2D eigenvalue weighted by molar-refractivity contribution is 0.132. The van der Waals surface area contributed by atoms with Crippen molar-refractivity contribution in [3.05, 3.63) is 30.3 Å². The topological polar surface area (TPSA) is 66.9 Å². The number of epoxide rings is 1. The Labute approximate surface area is 93.8 Å². The van der Waals surface area contributed by atoms with E-state index in [1.54, 1.807) is 30.3 Å². The predicted octanol–water partition coefficient (Wildman–Crippen LogP) is 0.361. The maximum atomic E-state index is 12.2. The van der Waals surface area contributed by atoms with E-state index in [1.807, 2.05) is 0 Å². The summed E-state index contributed by atoms with van der Waals surface area (Å²) in [5.41, 5.74) is 0. The number of aliphatic hydroxyl groups is 1. The van der Waals surface area contributed by atoms with Crippen LogP contribution in [0.5, 0.6) is 0 Å². The van der Waals surface area contributed by atoms with Gasteiger partial charge in [-0.1, -0.05) is 18.2 Å². The SMILES string of the molecule is O=S(=O)(c1ccccc1)[C@H]1[C@H]2O[C@@H]2C[C@@H]1O. The fourth-order valence-electron chi connectivity index (χ4n) is 2.38. The minimum Gasteiger partial charge on any atom is -0.392 e. The Morgan fingerprint density at radius 3 is 2.50 bits per heavy atom. The molecule has 1 aromatic carbocycles. The molecule has 1 aliphatic carbocycles. The van der Waals surface area contributed by atoms with Crippen LogP contribution in [-0.2, 0) is 14.6 Å². The summed E-state index contributed by atoms with van der Waals surface area (Å²) >= 11 is 0. The second kappa shape index (κ2) is 3.29. The fraction of sp³-hybridized carbons (Fsp3) is 0.455. The van der Waals surface area contributed by atoms with E-state index in [4.69, 9.17) is 4.74 Å². The lowest BCUT2D eigenvalue weighted by Gasteiger charge is -2.17. The highest BCUT2D eigenvalue weighted by atomic mass is 32.2. The molecular formula is C11H12O4S. The Balaban J connectivity index is 2.00. The number of rotatable bonds is 2. The molecular weight excluding hydrogens is 228 g/mol.